The first-order valence-corrected chi connectivity index (χ1v) is 25.8. The summed E-state index contributed by atoms with van der Waals surface area (Å²) < 4.78 is 78.7. The Morgan fingerprint density at radius 1 is 0.342 bits per heavy atom. The maximum Gasteiger partial charge on any atom is 0.510 e. The van der Waals surface area contributed by atoms with Crippen molar-refractivity contribution in [3.05, 3.63) is 251 Å². The van der Waals surface area contributed by atoms with E-state index in [1.165, 1.54) is 7.11 Å². The maximum absolute atomic E-state index is 14.4. The fourth-order valence-corrected chi connectivity index (χ4v) is 9.19. The van der Waals surface area contributed by atoms with Crippen molar-refractivity contribution >= 4 is 6.16 Å². The molecule has 2 saturated heterocycles. The molecule has 0 bridgehead atoms. The van der Waals surface area contributed by atoms with Crippen molar-refractivity contribution in [1.29, 1.82) is 0 Å². The Morgan fingerprint density at radius 2 is 0.618 bits per heavy atom. The van der Waals surface area contributed by atoms with Gasteiger partial charge in [-0.25, -0.2) is 4.79 Å². The van der Waals surface area contributed by atoms with Crippen molar-refractivity contribution in [3.63, 3.8) is 0 Å². The normalized spacial score (nSPS) is 23.4. The number of rotatable bonds is 26. The van der Waals surface area contributed by atoms with Gasteiger partial charge >= 0.3 is 6.16 Å². The van der Waals surface area contributed by atoms with E-state index in [4.69, 9.17) is 56.8 Å². The second-order valence-electron chi connectivity index (χ2n) is 18.6. The van der Waals surface area contributed by atoms with E-state index in [-0.39, 0.29) is 52.9 Å². The van der Waals surface area contributed by atoms with E-state index in [0.717, 1.165) is 38.9 Å². The molecule has 7 aromatic carbocycles. The van der Waals surface area contributed by atoms with Crippen LogP contribution in [0.3, 0.4) is 0 Å². The van der Waals surface area contributed by atoms with Crippen LogP contribution in [-0.2, 0) is 103 Å². The number of methoxy groups -OCH3 is 1. The highest BCUT2D eigenvalue weighted by molar-refractivity contribution is 5.60. The van der Waals surface area contributed by atoms with Gasteiger partial charge in [-0.1, -0.05) is 212 Å². The molecular weight excluding hydrogens is 965 g/mol. The van der Waals surface area contributed by atoms with Gasteiger partial charge in [0.1, 0.15) is 55.4 Å². The van der Waals surface area contributed by atoms with Crippen LogP contribution < -0.4 is 0 Å². The first kappa shape index (κ1) is 54.2. The smallest absolute Gasteiger partial charge is 0.431 e. The van der Waals surface area contributed by atoms with Crippen molar-refractivity contribution in [2.75, 3.05) is 20.3 Å². The van der Waals surface area contributed by atoms with Crippen molar-refractivity contribution < 1.29 is 61.6 Å². The standard InChI is InChI=1S/C63H66O13/c1-65-61-59(71-42-51-33-19-7-20-34-51)57(69-40-49-29-15-5-16-30-49)56(68-39-48-27-13-4-14-28-48)54(74-61)45-73-63(64)76-62-60(72-43-52-35-21-8-22-36-52)58(70-41-50-31-17-6-18-32-50)55(67-38-47-25-11-3-12-26-47)53(75-62)44-66-37-46-23-9-2-10-24-46/h2-36,53-62H,37-45H2,1H3/t53-,54-,55-,56-,57+,58+,59-,60-,61+,62?/m1/s1. The van der Waals surface area contributed by atoms with Gasteiger partial charge in [0.05, 0.1) is 52.9 Å². The molecule has 2 fully saturated rings. The minimum absolute atomic E-state index is 0.0620. The summed E-state index contributed by atoms with van der Waals surface area (Å²) in [6, 6.07) is 68.7. The topological polar surface area (TPSA) is 128 Å². The first-order valence-electron chi connectivity index (χ1n) is 25.8. The summed E-state index contributed by atoms with van der Waals surface area (Å²) in [4.78, 5) is 14.4. The lowest BCUT2D eigenvalue weighted by atomic mass is 9.97. The molecule has 2 aliphatic heterocycles. The van der Waals surface area contributed by atoms with E-state index < -0.39 is 67.6 Å². The molecule has 0 spiro atoms. The summed E-state index contributed by atoms with van der Waals surface area (Å²) in [5.41, 5.74) is 6.57. The molecule has 0 N–H and O–H groups in total. The van der Waals surface area contributed by atoms with Crippen molar-refractivity contribution in [2.24, 2.45) is 0 Å². The molecule has 76 heavy (non-hydrogen) atoms. The molecule has 9 rings (SSSR count). The summed E-state index contributed by atoms with van der Waals surface area (Å²) >= 11 is 0. The maximum atomic E-state index is 14.4. The fraction of sp³-hybridized carbons (Fsp3) is 0.317. The molecular formula is C63H66O13. The molecule has 10 atom stereocenters. The van der Waals surface area contributed by atoms with Gasteiger partial charge < -0.3 is 56.8 Å². The van der Waals surface area contributed by atoms with Crippen LogP contribution in [0.5, 0.6) is 0 Å². The zero-order valence-corrected chi connectivity index (χ0v) is 42.7. The van der Waals surface area contributed by atoms with Crippen molar-refractivity contribution in [2.45, 2.75) is 108 Å². The van der Waals surface area contributed by atoms with Gasteiger partial charge in [-0.3, -0.25) is 0 Å². The molecule has 1 unspecified atom stereocenters. The molecule has 0 aliphatic carbocycles. The number of carbonyl (C=O) groups is 1. The Balaban J connectivity index is 0.993. The van der Waals surface area contributed by atoms with E-state index in [2.05, 4.69) is 0 Å². The summed E-state index contributed by atoms with van der Waals surface area (Å²) in [5.74, 6) is 0. The lowest BCUT2D eigenvalue weighted by molar-refractivity contribution is -0.326. The second-order valence-corrected chi connectivity index (χ2v) is 18.6. The highest BCUT2D eigenvalue weighted by Crippen LogP contribution is 2.34. The summed E-state index contributed by atoms with van der Waals surface area (Å²) in [6.45, 7) is 1.30. The van der Waals surface area contributed by atoms with Crippen LogP contribution in [0.4, 0.5) is 4.79 Å². The average Bonchev–Trinajstić information content (AvgIpc) is 3.48. The molecule has 2 aliphatic rings. The molecule has 0 radical (unpaired) electrons. The summed E-state index contributed by atoms with van der Waals surface area (Å²) in [7, 11) is 1.54. The Bertz CT molecular complexity index is 2690. The van der Waals surface area contributed by atoms with Crippen LogP contribution in [-0.4, -0.2) is 87.9 Å². The quantitative estimate of drug-likeness (QED) is 0.0478. The zero-order valence-electron chi connectivity index (χ0n) is 42.7. The number of ether oxygens (including phenoxy) is 12. The van der Waals surface area contributed by atoms with E-state index in [9.17, 15) is 4.79 Å². The van der Waals surface area contributed by atoms with Crippen LogP contribution in [0.15, 0.2) is 212 Å². The highest BCUT2D eigenvalue weighted by atomic mass is 16.8. The molecule has 13 nitrogen and oxygen atoms in total. The van der Waals surface area contributed by atoms with Crippen molar-refractivity contribution in [3.8, 4) is 0 Å². The van der Waals surface area contributed by atoms with Crippen LogP contribution >= 0.6 is 0 Å². The Hall–Kier alpha value is -6.59. The van der Waals surface area contributed by atoms with Gasteiger partial charge in [0, 0.05) is 7.11 Å². The van der Waals surface area contributed by atoms with Crippen LogP contribution in [0.1, 0.15) is 38.9 Å². The predicted octanol–water partition coefficient (Wildman–Crippen LogP) is 11.0. The molecule has 0 amide bonds. The van der Waals surface area contributed by atoms with Gasteiger partial charge in [-0.05, 0) is 38.9 Å². The van der Waals surface area contributed by atoms with Gasteiger partial charge in [-0.15, -0.1) is 0 Å². The third-order valence-corrected chi connectivity index (χ3v) is 13.1. The van der Waals surface area contributed by atoms with E-state index in [1.54, 1.807) is 0 Å². The Labute approximate surface area is 445 Å². The zero-order chi connectivity index (χ0) is 52.0. The first-order chi connectivity index (χ1) is 37.6. The van der Waals surface area contributed by atoms with E-state index >= 15 is 0 Å². The third kappa shape index (κ3) is 16.0. The number of hydrogen-bond donors (Lipinski definition) is 0. The minimum atomic E-state index is -1.36. The van der Waals surface area contributed by atoms with Gasteiger partial charge in [0.25, 0.3) is 0 Å². The SMILES string of the molecule is CO[C@H]1O[C@H](COC(=O)OC2O[C@H](COCc3ccccc3)[C@@H](OCc3ccccc3)[C@H](OCc3ccccc3)[C@H]2OCc2ccccc2)[C@@H](OCc2ccccc2)[C@H](OCc2ccccc2)[C@H]1OCc1ccccc1. The Morgan fingerprint density at radius 3 is 0.961 bits per heavy atom. The highest BCUT2D eigenvalue weighted by Gasteiger charge is 2.52. The lowest BCUT2D eigenvalue weighted by Crippen LogP contribution is -2.62. The average molecular weight is 1030 g/mol. The number of benzene rings is 7. The number of hydrogen-bond acceptors (Lipinski definition) is 13. The third-order valence-electron chi connectivity index (χ3n) is 13.1. The summed E-state index contributed by atoms with van der Waals surface area (Å²) in [6.07, 6.45) is -10.1. The van der Waals surface area contributed by atoms with Crippen molar-refractivity contribution in [1.82, 2.24) is 0 Å². The molecule has 13 heteroatoms. The molecule has 396 valence electrons. The largest absolute Gasteiger partial charge is 0.510 e. The number of carbonyl (C=O) groups excluding carboxylic acids is 1. The van der Waals surface area contributed by atoms with Crippen LogP contribution in [0.25, 0.3) is 0 Å². The molecule has 0 aromatic heterocycles. The van der Waals surface area contributed by atoms with Crippen LogP contribution in [0, 0.1) is 0 Å². The molecule has 2 heterocycles. The van der Waals surface area contributed by atoms with Gasteiger partial charge in [-0.2, -0.15) is 0 Å². The van der Waals surface area contributed by atoms with E-state index in [0.29, 0.717) is 6.61 Å². The molecule has 0 saturated carbocycles. The lowest BCUT2D eigenvalue weighted by Gasteiger charge is -2.46. The minimum Gasteiger partial charge on any atom is -0.431 e. The second kappa shape index (κ2) is 29.1. The van der Waals surface area contributed by atoms with E-state index in [1.807, 2.05) is 212 Å². The van der Waals surface area contributed by atoms with Gasteiger partial charge in [0.15, 0.2) is 6.29 Å². The Kier molecular flexibility index (Phi) is 20.7. The van der Waals surface area contributed by atoms with Gasteiger partial charge in [0.2, 0.25) is 6.29 Å². The van der Waals surface area contributed by atoms with Crippen LogP contribution in [0.2, 0.25) is 0 Å². The fourth-order valence-electron chi connectivity index (χ4n) is 9.19. The summed E-state index contributed by atoms with van der Waals surface area (Å²) in [5, 5.41) is 0. The molecule has 7 aromatic rings. The monoisotopic (exact) mass is 1030 g/mol. The predicted molar refractivity (Wildman–Crippen MR) is 283 cm³/mol.